The predicted molar refractivity (Wildman–Crippen MR) is 98.2 cm³/mol. The molecule has 4 rings (SSSR count). The summed E-state index contributed by atoms with van der Waals surface area (Å²) in [4.78, 5) is 31.4. The van der Waals surface area contributed by atoms with Crippen LogP contribution in [-0.2, 0) is 4.79 Å². The van der Waals surface area contributed by atoms with Crippen molar-refractivity contribution in [1.29, 1.82) is 5.26 Å². The number of ether oxygens (including phenoxy) is 1. The number of carbonyl (C=O) groups excluding carboxylic acids is 1. The molecule has 8 nitrogen and oxygen atoms in total. The summed E-state index contributed by atoms with van der Waals surface area (Å²) in [7, 11) is 0. The van der Waals surface area contributed by atoms with Gasteiger partial charge in [-0.05, 0) is 24.6 Å². The Morgan fingerprint density at radius 2 is 2.22 bits per heavy atom. The number of rotatable bonds is 6. The molecule has 3 aromatic heterocycles. The lowest BCUT2D eigenvalue weighted by Crippen LogP contribution is -2.29. The molecule has 136 valence electrons. The summed E-state index contributed by atoms with van der Waals surface area (Å²) in [6.07, 6.45) is 4.76. The highest BCUT2D eigenvalue weighted by Crippen LogP contribution is 2.29. The van der Waals surface area contributed by atoms with Gasteiger partial charge in [0.15, 0.2) is 0 Å². The van der Waals surface area contributed by atoms with E-state index in [0.29, 0.717) is 30.3 Å². The van der Waals surface area contributed by atoms with E-state index >= 15 is 0 Å². The first kappa shape index (κ1) is 17.3. The van der Waals surface area contributed by atoms with Crippen LogP contribution in [0.3, 0.4) is 0 Å². The summed E-state index contributed by atoms with van der Waals surface area (Å²) in [5.41, 5.74) is 1.29. The molecule has 0 aromatic carbocycles. The maximum absolute atomic E-state index is 11.6. The van der Waals surface area contributed by atoms with Gasteiger partial charge in [0, 0.05) is 25.4 Å². The van der Waals surface area contributed by atoms with E-state index in [1.54, 1.807) is 23.4 Å². The summed E-state index contributed by atoms with van der Waals surface area (Å²) in [6, 6.07) is 7.81. The molecule has 27 heavy (non-hydrogen) atoms. The Morgan fingerprint density at radius 3 is 3.00 bits per heavy atom. The molecule has 1 aliphatic rings. The number of thiazole rings is 1. The molecule has 1 amide bonds. The van der Waals surface area contributed by atoms with Crippen LogP contribution in [0.2, 0.25) is 0 Å². The average Bonchev–Trinajstić information content (AvgIpc) is 3.29. The minimum Gasteiger partial charge on any atom is -0.462 e. The molecule has 4 heterocycles. The molecule has 0 bridgehead atoms. The Balaban J connectivity index is 1.48. The molecule has 0 spiro atoms. The monoisotopic (exact) mass is 380 g/mol. The van der Waals surface area contributed by atoms with Crippen molar-refractivity contribution in [3.8, 4) is 12.1 Å². The highest BCUT2D eigenvalue weighted by molar-refractivity contribution is 7.18. The van der Waals surface area contributed by atoms with Crippen molar-refractivity contribution < 1.29 is 9.53 Å². The lowest BCUT2D eigenvalue weighted by atomic mass is 10.1. The van der Waals surface area contributed by atoms with E-state index in [1.807, 2.05) is 12.1 Å². The lowest BCUT2D eigenvalue weighted by molar-refractivity contribution is -0.128. The average molecular weight is 380 g/mol. The third-order valence-electron chi connectivity index (χ3n) is 4.27. The van der Waals surface area contributed by atoms with Crippen molar-refractivity contribution in [2.45, 2.75) is 18.8 Å². The van der Waals surface area contributed by atoms with Crippen LogP contribution in [0.25, 0.3) is 10.3 Å². The number of hydrogen-bond donors (Lipinski definition) is 0. The summed E-state index contributed by atoms with van der Waals surface area (Å²) in [5.74, 6) is -0.461. The van der Waals surface area contributed by atoms with Crippen LogP contribution < -0.4 is 4.74 Å². The zero-order valence-electron chi connectivity index (χ0n) is 14.4. The van der Waals surface area contributed by atoms with Crippen LogP contribution in [0.5, 0.6) is 6.01 Å². The molecule has 1 aliphatic heterocycles. The van der Waals surface area contributed by atoms with Crippen molar-refractivity contribution in [3.63, 3.8) is 0 Å². The molecule has 0 aliphatic carbocycles. The van der Waals surface area contributed by atoms with E-state index in [2.05, 4.69) is 26.0 Å². The summed E-state index contributed by atoms with van der Waals surface area (Å²) in [6.45, 7) is 1.60. The zero-order valence-corrected chi connectivity index (χ0v) is 15.2. The number of likely N-dealkylation sites (tertiary alicyclic amines) is 1. The molecule has 1 atom stereocenters. The number of hydrogen-bond acceptors (Lipinski definition) is 8. The van der Waals surface area contributed by atoms with Gasteiger partial charge in [-0.3, -0.25) is 4.79 Å². The van der Waals surface area contributed by atoms with Crippen LogP contribution in [0.1, 0.15) is 29.5 Å². The van der Waals surface area contributed by atoms with E-state index in [9.17, 15) is 10.1 Å². The fraction of sp³-hybridized carbons (Fsp3) is 0.333. The smallest absolute Gasteiger partial charge is 0.316 e. The van der Waals surface area contributed by atoms with Crippen molar-refractivity contribution in [3.05, 3.63) is 41.3 Å². The van der Waals surface area contributed by atoms with E-state index in [-0.39, 0.29) is 11.9 Å². The van der Waals surface area contributed by atoms with Crippen molar-refractivity contribution in [2.75, 3.05) is 19.7 Å². The van der Waals surface area contributed by atoms with Gasteiger partial charge in [-0.15, -0.1) is 0 Å². The van der Waals surface area contributed by atoms with E-state index in [0.717, 1.165) is 23.3 Å². The molecule has 0 N–H and O–H groups in total. The van der Waals surface area contributed by atoms with Crippen molar-refractivity contribution in [1.82, 2.24) is 24.8 Å². The van der Waals surface area contributed by atoms with Gasteiger partial charge in [0.2, 0.25) is 5.91 Å². The Morgan fingerprint density at radius 1 is 1.30 bits per heavy atom. The van der Waals surface area contributed by atoms with Crippen LogP contribution >= 0.6 is 11.3 Å². The molecule has 1 unspecified atom stereocenters. The minimum atomic E-state index is -0.616. The first-order valence-electron chi connectivity index (χ1n) is 8.59. The second-order valence-electron chi connectivity index (χ2n) is 6.04. The second-order valence-corrected chi connectivity index (χ2v) is 7.05. The molecule has 0 saturated carbocycles. The fourth-order valence-corrected chi connectivity index (χ4v) is 3.90. The molecule has 1 saturated heterocycles. The predicted octanol–water partition coefficient (Wildman–Crippen LogP) is 2.14. The highest BCUT2D eigenvalue weighted by Gasteiger charge is 2.22. The maximum Gasteiger partial charge on any atom is 0.316 e. The lowest BCUT2D eigenvalue weighted by Gasteiger charge is -2.15. The van der Waals surface area contributed by atoms with E-state index < -0.39 is 5.92 Å². The van der Waals surface area contributed by atoms with Crippen molar-refractivity contribution >= 4 is 27.6 Å². The van der Waals surface area contributed by atoms with Gasteiger partial charge in [-0.2, -0.15) is 10.2 Å². The molecular formula is C18H16N6O2S. The minimum absolute atomic E-state index is 0.155. The Hall–Kier alpha value is -3.12. The molecular weight excluding hydrogens is 364 g/mol. The number of pyridine rings is 1. The SMILES string of the molecule is N#CC(c1ccnc(OCCN2CCCC2=O)n1)c1nc2cccnc2s1. The maximum atomic E-state index is 11.6. The van der Waals surface area contributed by atoms with Gasteiger partial charge in [0.05, 0.1) is 18.3 Å². The molecule has 9 heteroatoms. The first-order chi connectivity index (χ1) is 13.2. The largest absolute Gasteiger partial charge is 0.462 e. The van der Waals surface area contributed by atoms with Crippen LogP contribution in [0.15, 0.2) is 30.6 Å². The van der Waals surface area contributed by atoms with Gasteiger partial charge in [-0.25, -0.2) is 15.0 Å². The molecule has 1 fully saturated rings. The van der Waals surface area contributed by atoms with Crippen LogP contribution in [-0.4, -0.2) is 50.4 Å². The Labute approximate surface area is 159 Å². The zero-order chi connectivity index (χ0) is 18.6. The van der Waals surface area contributed by atoms with E-state index in [1.165, 1.54) is 11.3 Å². The summed E-state index contributed by atoms with van der Waals surface area (Å²) >= 11 is 1.38. The Bertz CT molecular complexity index is 981. The second kappa shape index (κ2) is 7.63. The number of carbonyl (C=O) groups is 1. The Kier molecular flexibility index (Phi) is 4.89. The topological polar surface area (TPSA) is 105 Å². The van der Waals surface area contributed by atoms with Gasteiger partial charge in [-0.1, -0.05) is 11.3 Å². The van der Waals surface area contributed by atoms with Crippen molar-refractivity contribution in [2.24, 2.45) is 0 Å². The van der Waals surface area contributed by atoms with Crippen LogP contribution in [0, 0.1) is 11.3 Å². The number of aromatic nitrogens is 4. The quantitative estimate of drug-likeness (QED) is 0.645. The van der Waals surface area contributed by atoms with Gasteiger partial charge in [0.1, 0.15) is 27.9 Å². The summed E-state index contributed by atoms with van der Waals surface area (Å²) in [5, 5.41) is 10.3. The number of amides is 1. The highest BCUT2D eigenvalue weighted by atomic mass is 32.1. The number of nitrogens with zero attached hydrogens (tertiary/aromatic N) is 6. The molecule has 3 aromatic rings. The standard InChI is InChI=1S/C18H16N6O2S/c19-11-12(16-22-14-3-1-6-20-17(14)27-16)13-5-7-21-18(23-13)26-10-9-24-8-2-4-15(24)25/h1,3,5-7,12H,2,4,8-10H2. The van der Waals surface area contributed by atoms with Crippen LogP contribution in [0.4, 0.5) is 0 Å². The normalized spacial score (nSPS) is 15.1. The third kappa shape index (κ3) is 3.71. The third-order valence-corrected chi connectivity index (χ3v) is 5.32. The fourth-order valence-electron chi connectivity index (χ4n) is 2.93. The molecule has 0 radical (unpaired) electrons. The van der Waals surface area contributed by atoms with Gasteiger partial charge in [0.25, 0.3) is 0 Å². The van der Waals surface area contributed by atoms with Gasteiger partial charge < -0.3 is 9.64 Å². The van der Waals surface area contributed by atoms with Gasteiger partial charge >= 0.3 is 6.01 Å². The first-order valence-corrected chi connectivity index (χ1v) is 9.41. The number of fused-ring (bicyclic) bond motifs is 1. The van der Waals surface area contributed by atoms with E-state index in [4.69, 9.17) is 4.74 Å². The summed E-state index contributed by atoms with van der Waals surface area (Å²) < 4.78 is 5.59. The number of nitriles is 1.